The van der Waals surface area contributed by atoms with Crippen LogP contribution in [-0.4, -0.2) is 62.6 Å². The largest absolute Gasteiger partial charge is 0.392 e. The van der Waals surface area contributed by atoms with Gasteiger partial charge in [0.1, 0.15) is 0 Å². The van der Waals surface area contributed by atoms with Crippen molar-refractivity contribution in [1.29, 1.82) is 0 Å². The van der Waals surface area contributed by atoms with E-state index >= 15 is 0 Å². The van der Waals surface area contributed by atoms with Crippen LogP contribution in [0.25, 0.3) is 0 Å². The molecule has 0 aliphatic carbocycles. The molecule has 1 atom stereocenters. The SMILES string of the molecule is CC(C)CNCC1(CN(C)CC(C)O)CCOCC1. The molecule has 0 saturated carbocycles. The lowest BCUT2D eigenvalue weighted by atomic mass is 9.79. The van der Waals surface area contributed by atoms with Crippen molar-refractivity contribution in [2.45, 2.75) is 39.7 Å². The zero-order valence-corrected chi connectivity index (χ0v) is 13.1. The number of nitrogens with one attached hydrogen (secondary N) is 1. The number of ether oxygens (including phenoxy) is 1. The zero-order chi connectivity index (χ0) is 14.3. The maximum Gasteiger partial charge on any atom is 0.0638 e. The van der Waals surface area contributed by atoms with Crippen LogP contribution in [0, 0.1) is 11.3 Å². The highest BCUT2D eigenvalue weighted by Crippen LogP contribution is 2.30. The molecule has 0 aromatic carbocycles. The Labute approximate surface area is 118 Å². The summed E-state index contributed by atoms with van der Waals surface area (Å²) in [4.78, 5) is 2.26. The van der Waals surface area contributed by atoms with Crippen LogP contribution >= 0.6 is 0 Å². The predicted octanol–water partition coefficient (Wildman–Crippen LogP) is 1.34. The molecule has 1 unspecified atom stereocenters. The summed E-state index contributed by atoms with van der Waals surface area (Å²) in [6.07, 6.45) is 1.97. The van der Waals surface area contributed by atoms with Crippen molar-refractivity contribution >= 4 is 0 Å². The number of aliphatic hydroxyl groups is 1. The number of rotatable bonds is 8. The third kappa shape index (κ3) is 6.70. The summed E-state index contributed by atoms with van der Waals surface area (Å²) >= 11 is 0. The van der Waals surface area contributed by atoms with Gasteiger partial charge in [0.15, 0.2) is 0 Å². The molecular formula is C15H32N2O2. The van der Waals surface area contributed by atoms with Gasteiger partial charge in [-0.25, -0.2) is 0 Å². The van der Waals surface area contributed by atoms with Crippen LogP contribution in [0.3, 0.4) is 0 Å². The van der Waals surface area contributed by atoms with Crippen molar-refractivity contribution in [2.75, 3.05) is 46.4 Å². The second-order valence-electron chi connectivity index (χ2n) is 6.68. The van der Waals surface area contributed by atoms with Gasteiger partial charge in [0, 0.05) is 32.8 Å². The van der Waals surface area contributed by atoms with E-state index in [2.05, 4.69) is 31.1 Å². The van der Waals surface area contributed by atoms with E-state index in [0.29, 0.717) is 11.3 Å². The molecular weight excluding hydrogens is 240 g/mol. The molecule has 0 radical (unpaired) electrons. The molecule has 4 heteroatoms. The molecule has 1 rings (SSSR count). The van der Waals surface area contributed by atoms with Gasteiger partial charge in [-0.2, -0.15) is 0 Å². The van der Waals surface area contributed by atoms with Crippen LogP contribution in [0.5, 0.6) is 0 Å². The molecule has 0 bridgehead atoms. The van der Waals surface area contributed by atoms with Gasteiger partial charge in [-0.1, -0.05) is 13.8 Å². The first kappa shape index (κ1) is 16.9. The Bertz CT molecular complexity index is 238. The monoisotopic (exact) mass is 272 g/mol. The summed E-state index contributed by atoms with van der Waals surface area (Å²) in [6, 6.07) is 0. The average molecular weight is 272 g/mol. The van der Waals surface area contributed by atoms with Crippen molar-refractivity contribution in [2.24, 2.45) is 11.3 Å². The number of hydrogen-bond donors (Lipinski definition) is 2. The molecule has 0 amide bonds. The Morgan fingerprint density at radius 1 is 1.26 bits per heavy atom. The molecule has 1 saturated heterocycles. The number of nitrogens with zero attached hydrogens (tertiary/aromatic N) is 1. The third-order valence-electron chi connectivity index (χ3n) is 3.79. The predicted molar refractivity (Wildman–Crippen MR) is 79.4 cm³/mol. The van der Waals surface area contributed by atoms with E-state index in [0.717, 1.165) is 52.2 Å². The lowest BCUT2D eigenvalue weighted by molar-refractivity contribution is -0.00569. The smallest absolute Gasteiger partial charge is 0.0638 e. The molecule has 0 spiro atoms. The molecule has 114 valence electrons. The van der Waals surface area contributed by atoms with Crippen LogP contribution < -0.4 is 5.32 Å². The molecule has 0 aromatic heterocycles. The Kier molecular flexibility index (Phi) is 7.29. The molecule has 19 heavy (non-hydrogen) atoms. The molecule has 2 N–H and O–H groups in total. The van der Waals surface area contributed by atoms with Crippen LogP contribution in [0.4, 0.5) is 0 Å². The van der Waals surface area contributed by atoms with Crippen LogP contribution in [0.2, 0.25) is 0 Å². The number of likely N-dealkylation sites (N-methyl/N-ethyl adjacent to an activating group) is 1. The van der Waals surface area contributed by atoms with Crippen LogP contribution in [-0.2, 0) is 4.74 Å². The minimum absolute atomic E-state index is 0.259. The molecule has 1 fully saturated rings. The van der Waals surface area contributed by atoms with Gasteiger partial charge < -0.3 is 20.1 Å². The number of aliphatic hydroxyl groups excluding tert-OH is 1. The van der Waals surface area contributed by atoms with E-state index in [1.54, 1.807) is 0 Å². The van der Waals surface area contributed by atoms with E-state index in [9.17, 15) is 5.11 Å². The fourth-order valence-electron chi connectivity index (χ4n) is 2.91. The Morgan fingerprint density at radius 3 is 2.42 bits per heavy atom. The summed E-state index contributed by atoms with van der Waals surface area (Å²) in [5.74, 6) is 0.687. The molecule has 1 aliphatic heterocycles. The molecule has 4 nitrogen and oxygen atoms in total. The maximum absolute atomic E-state index is 9.50. The second-order valence-corrected chi connectivity index (χ2v) is 6.68. The van der Waals surface area contributed by atoms with Crippen molar-refractivity contribution in [3.63, 3.8) is 0 Å². The van der Waals surface area contributed by atoms with E-state index in [-0.39, 0.29) is 6.10 Å². The van der Waals surface area contributed by atoms with E-state index in [1.807, 2.05) is 6.92 Å². The highest BCUT2D eigenvalue weighted by molar-refractivity contribution is 4.87. The lowest BCUT2D eigenvalue weighted by Crippen LogP contribution is -2.48. The van der Waals surface area contributed by atoms with Crippen molar-refractivity contribution < 1.29 is 9.84 Å². The third-order valence-corrected chi connectivity index (χ3v) is 3.79. The molecule has 0 aromatic rings. The van der Waals surface area contributed by atoms with Crippen molar-refractivity contribution in [3.8, 4) is 0 Å². The lowest BCUT2D eigenvalue weighted by Gasteiger charge is -2.40. The maximum atomic E-state index is 9.50. The summed E-state index contributed by atoms with van der Waals surface area (Å²) in [6.45, 7) is 12.0. The molecule has 1 aliphatic rings. The highest BCUT2D eigenvalue weighted by atomic mass is 16.5. The fourth-order valence-corrected chi connectivity index (χ4v) is 2.91. The Balaban J connectivity index is 2.49. The van der Waals surface area contributed by atoms with Gasteiger partial charge in [0.25, 0.3) is 0 Å². The number of hydrogen-bond acceptors (Lipinski definition) is 4. The highest BCUT2D eigenvalue weighted by Gasteiger charge is 2.33. The summed E-state index contributed by atoms with van der Waals surface area (Å²) < 4.78 is 5.52. The second kappa shape index (κ2) is 8.20. The van der Waals surface area contributed by atoms with Crippen LogP contribution in [0.1, 0.15) is 33.6 Å². The van der Waals surface area contributed by atoms with E-state index in [4.69, 9.17) is 4.74 Å². The Hall–Kier alpha value is -0.160. The minimum Gasteiger partial charge on any atom is -0.392 e. The Morgan fingerprint density at radius 2 is 1.89 bits per heavy atom. The quantitative estimate of drug-likeness (QED) is 0.700. The summed E-state index contributed by atoms with van der Waals surface area (Å²) in [7, 11) is 2.10. The standard InChI is InChI=1S/C15H32N2O2/c1-13(2)9-16-11-15(5-7-19-8-6-15)12-17(4)10-14(3)18/h13-14,16,18H,5-12H2,1-4H3. The zero-order valence-electron chi connectivity index (χ0n) is 13.1. The first-order chi connectivity index (χ1) is 8.93. The van der Waals surface area contributed by atoms with Crippen LogP contribution in [0.15, 0.2) is 0 Å². The topological polar surface area (TPSA) is 44.7 Å². The van der Waals surface area contributed by atoms with Gasteiger partial charge in [0.05, 0.1) is 6.10 Å². The van der Waals surface area contributed by atoms with Gasteiger partial charge in [0.2, 0.25) is 0 Å². The van der Waals surface area contributed by atoms with E-state index in [1.165, 1.54) is 0 Å². The first-order valence-corrected chi connectivity index (χ1v) is 7.59. The fraction of sp³-hybridized carbons (Fsp3) is 1.00. The summed E-state index contributed by atoms with van der Waals surface area (Å²) in [5, 5.41) is 13.1. The molecule has 1 heterocycles. The van der Waals surface area contributed by atoms with Gasteiger partial charge in [-0.05, 0) is 44.7 Å². The van der Waals surface area contributed by atoms with E-state index < -0.39 is 0 Å². The first-order valence-electron chi connectivity index (χ1n) is 7.59. The average Bonchev–Trinajstić information content (AvgIpc) is 2.28. The normalized spacial score (nSPS) is 21.0. The van der Waals surface area contributed by atoms with Gasteiger partial charge in [-0.3, -0.25) is 0 Å². The minimum atomic E-state index is -0.259. The van der Waals surface area contributed by atoms with Gasteiger partial charge >= 0.3 is 0 Å². The van der Waals surface area contributed by atoms with Crippen molar-refractivity contribution in [3.05, 3.63) is 0 Å². The summed E-state index contributed by atoms with van der Waals surface area (Å²) in [5.41, 5.74) is 0.302. The van der Waals surface area contributed by atoms with Crippen molar-refractivity contribution in [1.82, 2.24) is 10.2 Å². The van der Waals surface area contributed by atoms with Gasteiger partial charge in [-0.15, -0.1) is 0 Å².